The minimum atomic E-state index is -0.444. The SMILES string of the molecule is CNC(c1ccc2[nH]c(=O)oc2c1)c1ccccc1OC. The Morgan fingerprint density at radius 3 is 2.81 bits per heavy atom. The van der Waals surface area contributed by atoms with Gasteiger partial charge in [-0.15, -0.1) is 0 Å². The van der Waals surface area contributed by atoms with E-state index in [1.165, 1.54) is 0 Å². The first-order valence-electron chi connectivity index (χ1n) is 6.66. The number of ether oxygens (including phenoxy) is 1. The molecule has 21 heavy (non-hydrogen) atoms. The number of hydrogen-bond donors (Lipinski definition) is 2. The van der Waals surface area contributed by atoms with Crippen LogP contribution in [-0.2, 0) is 0 Å². The lowest BCUT2D eigenvalue weighted by Crippen LogP contribution is -2.18. The highest BCUT2D eigenvalue weighted by Gasteiger charge is 2.17. The van der Waals surface area contributed by atoms with E-state index < -0.39 is 5.76 Å². The van der Waals surface area contributed by atoms with E-state index in [1.54, 1.807) is 7.11 Å². The standard InChI is InChI=1S/C16H16N2O3/c1-17-15(11-5-3-4-6-13(11)20-2)10-7-8-12-14(9-10)21-16(19)18-12/h3-9,15,17H,1-2H3,(H,18,19). The molecule has 0 fully saturated rings. The van der Waals surface area contributed by atoms with Crippen LogP contribution < -0.4 is 15.8 Å². The maximum atomic E-state index is 11.3. The van der Waals surface area contributed by atoms with Crippen molar-refractivity contribution < 1.29 is 9.15 Å². The van der Waals surface area contributed by atoms with Crippen LogP contribution in [0.25, 0.3) is 11.1 Å². The summed E-state index contributed by atoms with van der Waals surface area (Å²) in [7, 11) is 3.54. The molecule has 0 bridgehead atoms. The van der Waals surface area contributed by atoms with Crippen LogP contribution >= 0.6 is 0 Å². The molecule has 0 aliphatic heterocycles. The van der Waals surface area contributed by atoms with Gasteiger partial charge in [-0.2, -0.15) is 0 Å². The molecule has 0 saturated carbocycles. The van der Waals surface area contributed by atoms with Crippen molar-refractivity contribution in [3.63, 3.8) is 0 Å². The third-order valence-corrected chi connectivity index (χ3v) is 3.52. The van der Waals surface area contributed by atoms with Crippen LogP contribution in [-0.4, -0.2) is 19.1 Å². The summed E-state index contributed by atoms with van der Waals surface area (Å²) in [5.41, 5.74) is 3.27. The molecule has 3 rings (SSSR count). The minimum absolute atomic E-state index is 0.0502. The van der Waals surface area contributed by atoms with Crippen molar-refractivity contribution in [1.82, 2.24) is 10.3 Å². The summed E-state index contributed by atoms with van der Waals surface area (Å²) >= 11 is 0. The van der Waals surface area contributed by atoms with E-state index in [4.69, 9.17) is 9.15 Å². The Hall–Kier alpha value is -2.53. The number of aromatic nitrogens is 1. The topological polar surface area (TPSA) is 67.3 Å². The maximum Gasteiger partial charge on any atom is 0.417 e. The summed E-state index contributed by atoms with van der Waals surface area (Å²) in [6, 6.07) is 13.5. The van der Waals surface area contributed by atoms with Crippen LogP contribution in [0.1, 0.15) is 17.2 Å². The third kappa shape index (κ3) is 2.43. The van der Waals surface area contributed by atoms with E-state index in [0.29, 0.717) is 11.1 Å². The molecule has 2 aromatic carbocycles. The molecule has 0 amide bonds. The predicted molar refractivity (Wildman–Crippen MR) is 80.7 cm³/mol. The van der Waals surface area contributed by atoms with E-state index in [-0.39, 0.29) is 6.04 Å². The average Bonchev–Trinajstić information content (AvgIpc) is 2.88. The fourth-order valence-corrected chi connectivity index (χ4v) is 2.55. The Kier molecular flexibility index (Phi) is 3.50. The van der Waals surface area contributed by atoms with Crippen LogP contribution in [0.5, 0.6) is 5.75 Å². The number of methoxy groups -OCH3 is 1. The fourth-order valence-electron chi connectivity index (χ4n) is 2.55. The van der Waals surface area contributed by atoms with Crippen LogP contribution in [0.2, 0.25) is 0 Å². The second-order valence-corrected chi connectivity index (χ2v) is 4.73. The van der Waals surface area contributed by atoms with Crippen molar-refractivity contribution in [3.8, 4) is 5.75 Å². The van der Waals surface area contributed by atoms with Crippen molar-refractivity contribution in [2.45, 2.75) is 6.04 Å². The molecular weight excluding hydrogens is 268 g/mol. The summed E-state index contributed by atoms with van der Waals surface area (Å²) in [5.74, 6) is 0.368. The van der Waals surface area contributed by atoms with E-state index in [2.05, 4.69) is 10.3 Å². The molecule has 0 aliphatic rings. The molecular formula is C16H16N2O3. The lowest BCUT2D eigenvalue weighted by Gasteiger charge is -2.19. The highest BCUT2D eigenvalue weighted by atomic mass is 16.5. The molecule has 0 radical (unpaired) electrons. The van der Waals surface area contributed by atoms with Gasteiger partial charge in [-0.3, -0.25) is 4.98 Å². The Morgan fingerprint density at radius 1 is 1.24 bits per heavy atom. The van der Waals surface area contributed by atoms with Gasteiger partial charge < -0.3 is 14.5 Å². The van der Waals surface area contributed by atoms with Crippen molar-refractivity contribution in [1.29, 1.82) is 0 Å². The second kappa shape index (κ2) is 5.46. The van der Waals surface area contributed by atoms with Gasteiger partial charge in [-0.05, 0) is 30.8 Å². The summed E-state index contributed by atoms with van der Waals surface area (Å²) in [5, 5.41) is 3.27. The molecule has 1 unspecified atom stereocenters. The number of oxazole rings is 1. The molecule has 2 N–H and O–H groups in total. The largest absolute Gasteiger partial charge is 0.496 e. The van der Waals surface area contributed by atoms with Crippen LogP contribution in [0.15, 0.2) is 51.7 Å². The van der Waals surface area contributed by atoms with E-state index in [1.807, 2.05) is 49.5 Å². The Morgan fingerprint density at radius 2 is 2.05 bits per heavy atom. The fraction of sp³-hybridized carbons (Fsp3) is 0.188. The monoisotopic (exact) mass is 284 g/mol. The Labute approximate surface area is 121 Å². The molecule has 5 heteroatoms. The van der Waals surface area contributed by atoms with Gasteiger partial charge in [0.15, 0.2) is 5.58 Å². The lowest BCUT2D eigenvalue weighted by molar-refractivity contribution is 0.405. The van der Waals surface area contributed by atoms with Crippen LogP contribution in [0.4, 0.5) is 0 Å². The predicted octanol–water partition coefficient (Wildman–Crippen LogP) is 2.44. The first kappa shape index (κ1) is 13.5. The third-order valence-electron chi connectivity index (χ3n) is 3.52. The van der Waals surface area contributed by atoms with E-state index >= 15 is 0 Å². The summed E-state index contributed by atoms with van der Waals surface area (Å²) < 4.78 is 10.5. The lowest BCUT2D eigenvalue weighted by atomic mass is 9.97. The molecule has 0 saturated heterocycles. The van der Waals surface area contributed by atoms with E-state index in [9.17, 15) is 4.79 Å². The van der Waals surface area contributed by atoms with Gasteiger partial charge in [0.2, 0.25) is 0 Å². The molecule has 108 valence electrons. The molecule has 3 aromatic rings. The summed E-state index contributed by atoms with van der Waals surface area (Å²) in [6.45, 7) is 0. The van der Waals surface area contributed by atoms with Crippen molar-refractivity contribution >= 4 is 11.1 Å². The van der Waals surface area contributed by atoms with Crippen molar-refractivity contribution in [3.05, 3.63) is 64.1 Å². The van der Waals surface area contributed by atoms with Crippen LogP contribution in [0, 0.1) is 0 Å². The number of aromatic amines is 1. The summed E-state index contributed by atoms with van der Waals surface area (Å²) in [4.78, 5) is 13.9. The number of benzene rings is 2. The minimum Gasteiger partial charge on any atom is -0.496 e. The number of fused-ring (bicyclic) bond motifs is 1. The zero-order chi connectivity index (χ0) is 14.8. The quantitative estimate of drug-likeness (QED) is 0.772. The number of nitrogens with one attached hydrogen (secondary N) is 2. The van der Waals surface area contributed by atoms with Gasteiger partial charge in [-0.25, -0.2) is 4.79 Å². The van der Waals surface area contributed by atoms with Gasteiger partial charge in [0, 0.05) is 5.56 Å². The van der Waals surface area contributed by atoms with Crippen LogP contribution in [0.3, 0.4) is 0 Å². The van der Waals surface area contributed by atoms with Gasteiger partial charge in [0.05, 0.1) is 18.7 Å². The van der Waals surface area contributed by atoms with E-state index in [0.717, 1.165) is 16.9 Å². The number of rotatable bonds is 4. The first-order chi connectivity index (χ1) is 10.2. The zero-order valence-corrected chi connectivity index (χ0v) is 11.8. The van der Waals surface area contributed by atoms with Gasteiger partial charge in [0.25, 0.3) is 0 Å². The highest BCUT2D eigenvalue weighted by Crippen LogP contribution is 2.30. The van der Waals surface area contributed by atoms with Gasteiger partial charge in [-0.1, -0.05) is 24.3 Å². The number of hydrogen-bond acceptors (Lipinski definition) is 4. The van der Waals surface area contributed by atoms with Crippen molar-refractivity contribution in [2.24, 2.45) is 0 Å². The molecule has 5 nitrogen and oxygen atoms in total. The smallest absolute Gasteiger partial charge is 0.417 e. The highest BCUT2D eigenvalue weighted by molar-refractivity contribution is 5.73. The number of H-pyrrole nitrogens is 1. The average molecular weight is 284 g/mol. The first-order valence-corrected chi connectivity index (χ1v) is 6.66. The normalized spacial score (nSPS) is 12.5. The van der Waals surface area contributed by atoms with Crippen molar-refractivity contribution in [2.75, 3.05) is 14.2 Å². The zero-order valence-electron chi connectivity index (χ0n) is 11.8. The Bertz CT molecular complexity index is 820. The number of para-hydroxylation sites is 1. The molecule has 1 atom stereocenters. The molecule has 1 aromatic heterocycles. The molecule has 1 heterocycles. The second-order valence-electron chi connectivity index (χ2n) is 4.73. The molecule has 0 spiro atoms. The van der Waals surface area contributed by atoms with Gasteiger partial charge in [0.1, 0.15) is 5.75 Å². The summed E-state index contributed by atoms with van der Waals surface area (Å²) in [6.07, 6.45) is 0. The molecule has 0 aliphatic carbocycles. The van der Waals surface area contributed by atoms with Gasteiger partial charge >= 0.3 is 5.76 Å². The maximum absolute atomic E-state index is 11.3. The Balaban J connectivity index is 2.10.